The molecule has 254 valence electrons. The van der Waals surface area contributed by atoms with Crippen molar-refractivity contribution >= 4 is 83.0 Å². The Morgan fingerprint density at radius 2 is 1.15 bits per heavy atom. The molecule has 2 aliphatic rings. The van der Waals surface area contributed by atoms with Gasteiger partial charge in [0.1, 0.15) is 22.5 Å². The van der Waals surface area contributed by atoms with Crippen LogP contribution in [0.5, 0.6) is 0 Å². The smallest absolute Gasteiger partial charge is 0.136 e. The molecule has 8 aromatic carbocycles. The second kappa shape index (κ2) is 11.4. The van der Waals surface area contributed by atoms with Crippen LogP contribution in [0, 0.1) is 0 Å². The summed E-state index contributed by atoms with van der Waals surface area (Å²) in [5.41, 5.74) is 14.4. The molecule has 0 unspecified atom stereocenters. The van der Waals surface area contributed by atoms with Gasteiger partial charge in [0.2, 0.25) is 0 Å². The summed E-state index contributed by atoms with van der Waals surface area (Å²) in [6, 6.07) is 51.3. The highest BCUT2D eigenvalue weighted by molar-refractivity contribution is 6.24. The van der Waals surface area contributed by atoms with Crippen molar-refractivity contribution < 1.29 is 8.83 Å². The van der Waals surface area contributed by atoms with Gasteiger partial charge in [-0.05, 0) is 126 Å². The van der Waals surface area contributed by atoms with Crippen LogP contribution >= 0.6 is 0 Å². The van der Waals surface area contributed by atoms with Crippen molar-refractivity contribution in [3.8, 4) is 22.3 Å². The van der Waals surface area contributed by atoms with E-state index in [2.05, 4.69) is 158 Å². The molecular formula is C52H34O2. The molecule has 0 saturated carbocycles. The molecule has 2 heteroatoms. The summed E-state index contributed by atoms with van der Waals surface area (Å²) in [6.45, 7) is 0. The van der Waals surface area contributed by atoms with Crippen molar-refractivity contribution in [2.45, 2.75) is 25.7 Å². The Bertz CT molecular complexity index is 3200. The highest BCUT2D eigenvalue weighted by Gasteiger charge is 2.21. The number of hydrogen-bond acceptors (Lipinski definition) is 2. The van der Waals surface area contributed by atoms with Gasteiger partial charge >= 0.3 is 0 Å². The van der Waals surface area contributed by atoms with Crippen molar-refractivity contribution in [2.24, 2.45) is 0 Å². The molecule has 0 fully saturated rings. The summed E-state index contributed by atoms with van der Waals surface area (Å²) < 4.78 is 13.1. The SMILES string of the molecule is C1=Cc2c(oc3cc4c(ccc5oc6cc(-c7c8ccccc8c(-c8ccc9c(c8)CCC(c8ccccc8)=C9)c8ccccc78)ccc6c54)cc23)CC1. The number of furan rings is 2. The Labute approximate surface area is 312 Å². The van der Waals surface area contributed by atoms with Crippen molar-refractivity contribution in [3.63, 3.8) is 0 Å². The molecule has 0 atom stereocenters. The molecule has 0 spiro atoms. The summed E-state index contributed by atoms with van der Waals surface area (Å²) in [5.74, 6) is 1.09. The first-order chi connectivity index (χ1) is 26.7. The van der Waals surface area contributed by atoms with Gasteiger partial charge < -0.3 is 8.83 Å². The molecule has 0 amide bonds. The molecule has 2 heterocycles. The van der Waals surface area contributed by atoms with Crippen LogP contribution in [0.2, 0.25) is 0 Å². The Hall–Kier alpha value is -6.64. The van der Waals surface area contributed by atoms with Gasteiger partial charge in [0.15, 0.2) is 0 Å². The van der Waals surface area contributed by atoms with E-state index in [4.69, 9.17) is 8.83 Å². The van der Waals surface area contributed by atoms with E-state index in [9.17, 15) is 0 Å². The fraction of sp³-hybridized carbons (Fsp3) is 0.0769. The number of hydrogen-bond donors (Lipinski definition) is 0. The van der Waals surface area contributed by atoms with Gasteiger partial charge in [-0.1, -0.05) is 127 Å². The van der Waals surface area contributed by atoms with E-state index in [-0.39, 0.29) is 0 Å². The van der Waals surface area contributed by atoms with Gasteiger partial charge in [-0.2, -0.15) is 0 Å². The predicted molar refractivity (Wildman–Crippen MR) is 227 cm³/mol. The van der Waals surface area contributed by atoms with Gasteiger partial charge in [0.25, 0.3) is 0 Å². The zero-order valence-corrected chi connectivity index (χ0v) is 29.7. The molecule has 0 saturated heterocycles. The zero-order valence-electron chi connectivity index (χ0n) is 29.7. The van der Waals surface area contributed by atoms with Gasteiger partial charge in [-0.25, -0.2) is 0 Å². The molecule has 10 aromatic rings. The second-order valence-electron chi connectivity index (χ2n) is 15.0. The first-order valence-corrected chi connectivity index (χ1v) is 19.1. The van der Waals surface area contributed by atoms with Gasteiger partial charge in [-0.15, -0.1) is 0 Å². The summed E-state index contributed by atoms with van der Waals surface area (Å²) in [4.78, 5) is 0. The lowest BCUT2D eigenvalue weighted by atomic mass is 9.83. The van der Waals surface area contributed by atoms with Crippen molar-refractivity contribution in [1.29, 1.82) is 0 Å². The van der Waals surface area contributed by atoms with Crippen molar-refractivity contribution in [3.05, 3.63) is 174 Å². The molecule has 54 heavy (non-hydrogen) atoms. The minimum absolute atomic E-state index is 0.895. The second-order valence-corrected chi connectivity index (χ2v) is 15.0. The largest absolute Gasteiger partial charge is 0.460 e. The zero-order chi connectivity index (χ0) is 35.3. The first-order valence-electron chi connectivity index (χ1n) is 19.1. The standard InChI is InChI=1S/C52H34O2/c1-2-10-31(11-3-1)32-18-19-34-27-36(21-20-33(34)26-32)50-39-13-4-6-15-41(39)51(42-16-7-5-14-40(42)50)37-22-24-43-48(29-37)54-47-25-23-35-28-45-38-12-8-9-17-46(38)53-49(45)30-44(35)52(43)47/h1-8,10-16,20-30H,9,17-19H2. The molecule has 2 aliphatic carbocycles. The molecule has 0 radical (unpaired) electrons. The van der Waals surface area contributed by atoms with Crippen LogP contribution in [0.25, 0.3) is 105 Å². The predicted octanol–water partition coefficient (Wildman–Crippen LogP) is 14.6. The lowest BCUT2D eigenvalue weighted by Crippen LogP contribution is -2.00. The minimum Gasteiger partial charge on any atom is -0.460 e. The fourth-order valence-corrected chi connectivity index (χ4v) is 9.48. The fourth-order valence-electron chi connectivity index (χ4n) is 9.48. The summed E-state index contributed by atoms with van der Waals surface area (Å²) >= 11 is 0. The minimum atomic E-state index is 0.895. The van der Waals surface area contributed by atoms with Crippen LogP contribution < -0.4 is 0 Å². The molecule has 12 rings (SSSR count). The normalized spacial score (nSPS) is 14.0. The topological polar surface area (TPSA) is 26.3 Å². The molecule has 0 bridgehead atoms. The van der Waals surface area contributed by atoms with Crippen LogP contribution in [0.4, 0.5) is 0 Å². The third-order valence-corrected chi connectivity index (χ3v) is 12.0. The van der Waals surface area contributed by atoms with Gasteiger partial charge in [0, 0.05) is 28.1 Å². The molecular weight excluding hydrogens is 657 g/mol. The van der Waals surface area contributed by atoms with Gasteiger partial charge in [-0.3, -0.25) is 0 Å². The van der Waals surface area contributed by atoms with Crippen LogP contribution in [0.1, 0.15) is 40.9 Å². The number of allylic oxidation sites excluding steroid dienone is 2. The Kier molecular flexibility index (Phi) is 6.32. The summed E-state index contributed by atoms with van der Waals surface area (Å²) in [6.07, 6.45) is 10.9. The van der Waals surface area contributed by atoms with Crippen LogP contribution in [-0.4, -0.2) is 0 Å². The highest BCUT2D eigenvalue weighted by Crippen LogP contribution is 2.46. The lowest BCUT2D eigenvalue weighted by Gasteiger charge is -2.20. The number of rotatable bonds is 3. The van der Waals surface area contributed by atoms with E-state index in [1.807, 2.05) is 0 Å². The Morgan fingerprint density at radius 3 is 1.93 bits per heavy atom. The lowest BCUT2D eigenvalue weighted by molar-refractivity contribution is 0.546. The van der Waals surface area contributed by atoms with E-state index in [0.717, 1.165) is 64.5 Å². The highest BCUT2D eigenvalue weighted by atomic mass is 16.3. The monoisotopic (exact) mass is 690 g/mol. The number of benzene rings is 8. The molecule has 2 aromatic heterocycles. The Morgan fingerprint density at radius 1 is 0.444 bits per heavy atom. The summed E-state index contributed by atoms with van der Waals surface area (Å²) in [5, 5.41) is 10.8. The average Bonchev–Trinajstić information content (AvgIpc) is 3.79. The van der Waals surface area contributed by atoms with E-state index in [1.165, 1.54) is 82.2 Å². The van der Waals surface area contributed by atoms with E-state index >= 15 is 0 Å². The maximum absolute atomic E-state index is 6.68. The van der Waals surface area contributed by atoms with Crippen molar-refractivity contribution in [2.75, 3.05) is 0 Å². The molecule has 2 nitrogen and oxygen atoms in total. The van der Waals surface area contributed by atoms with Crippen LogP contribution in [0.15, 0.2) is 154 Å². The van der Waals surface area contributed by atoms with Crippen LogP contribution in [-0.2, 0) is 12.8 Å². The van der Waals surface area contributed by atoms with Gasteiger partial charge in [0.05, 0.1) is 0 Å². The van der Waals surface area contributed by atoms with E-state index in [0.29, 0.717) is 0 Å². The van der Waals surface area contributed by atoms with Crippen molar-refractivity contribution in [1.82, 2.24) is 0 Å². The quantitative estimate of drug-likeness (QED) is 0.173. The van der Waals surface area contributed by atoms with E-state index < -0.39 is 0 Å². The number of aryl methyl sites for hydroxylation is 2. The third-order valence-electron chi connectivity index (χ3n) is 12.0. The average molecular weight is 691 g/mol. The third kappa shape index (κ3) is 4.40. The number of fused-ring (bicyclic) bond motifs is 11. The molecule has 0 aliphatic heterocycles. The first kappa shape index (κ1) is 29.9. The molecule has 0 N–H and O–H groups in total. The Balaban J connectivity index is 1.03. The van der Waals surface area contributed by atoms with Crippen LogP contribution in [0.3, 0.4) is 0 Å². The summed E-state index contributed by atoms with van der Waals surface area (Å²) in [7, 11) is 0. The maximum atomic E-state index is 6.68. The maximum Gasteiger partial charge on any atom is 0.136 e. The van der Waals surface area contributed by atoms with E-state index in [1.54, 1.807) is 0 Å².